The lowest BCUT2D eigenvalue weighted by Crippen LogP contribution is -2.38. The van der Waals surface area contributed by atoms with E-state index in [0.717, 1.165) is 17.7 Å². The number of anilines is 1. The molecule has 0 aliphatic heterocycles. The highest BCUT2D eigenvalue weighted by Gasteiger charge is 2.14. The summed E-state index contributed by atoms with van der Waals surface area (Å²) < 4.78 is 2.20. The maximum atomic E-state index is 12.0. The Balaban J connectivity index is 2.20. The highest BCUT2D eigenvalue weighted by atomic mass is 16.3. The van der Waals surface area contributed by atoms with Crippen molar-refractivity contribution in [2.45, 2.75) is 20.0 Å². The van der Waals surface area contributed by atoms with Crippen LogP contribution < -0.4 is 16.6 Å². The van der Waals surface area contributed by atoms with Crippen molar-refractivity contribution < 1.29 is 5.11 Å². The number of hydrogen-bond acceptors (Lipinski definition) is 8. The van der Waals surface area contributed by atoms with Crippen molar-refractivity contribution in [2.75, 3.05) is 31.5 Å². The molecule has 2 aromatic rings. The van der Waals surface area contributed by atoms with Gasteiger partial charge in [-0.1, -0.05) is 13.8 Å². The highest BCUT2D eigenvalue weighted by molar-refractivity contribution is 5.68. The summed E-state index contributed by atoms with van der Waals surface area (Å²) in [5.41, 5.74) is -0.852. The van der Waals surface area contributed by atoms with Gasteiger partial charge in [0, 0.05) is 27.2 Å². The van der Waals surface area contributed by atoms with E-state index in [1.165, 1.54) is 18.7 Å². The first-order chi connectivity index (χ1) is 11.4. The fourth-order valence-electron chi connectivity index (χ4n) is 2.38. The molecule has 0 bridgehead atoms. The molecule has 0 aromatic carbocycles. The van der Waals surface area contributed by atoms with Gasteiger partial charge in [-0.25, -0.2) is 4.79 Å². The van der Waals surface area contributed by atoms with Crippen molar-refractivity contribution in [3.05, 3.63) is 20.8 Å². The minimum atomic E-state index is -0.600. The van der Waals surface area contributed by atoms with Crippen LogP contribution in [0.4, 0.5) is 5.95 Å². The number of aryl methyl sites for hydroxylation is 1. The summed E-state index contributed by atoms with van der Waals surface area (Å²) in [4.78, 5) is 30.2. The van der Waals surface area contributed by atoms with E-state index < -0.39 is 17.4 Å². The number of aliphatic hydroxyl groups is 1. The average molecular weight is 337 g/mol. The van der Waals surface area contributed by atoms with Crippen LogP contribution in [0, 0.1) is 0 Å². The Morgan fingerprint density at radius 3 is 2.46 bits per heavy atom. The number of nitrogens with zero attached hydrogens (tertiary/aromatic N) is 6. The number of rotatable bonds is 7. The molecule has 2 aromatic heterocycles. The molecular weight excluding hydrogens is 314 g/mol. The lowest BCUT2D eigenvalue weighted by molar-refractivity contribution is 0.128. The predicted octanol–water partition coefficient (Wildman–Crippen LogP) is -1.46. The van der Waals surface area contributed by atoms with Gasteiger partial charge in [-0.3, -0.25) is 13.9 Å². The summed E-state index contributed by atoms with van der Waals surface area (Å²) in [5, 5.41) is 20.6. The minimum absolute atomic E-state index is 0.0221. The van der Waals surface area contributed by atoms with Gasteiger partial charge >= 0.3 is 5.69 Å². The summed E-state index contributed by atoms with van der Waals surface area (Å²) in [7, 11) is 2.89. The van der Waals surface area contributed by atoms with Crippen LogP contribution >= 0.6 is 0 Å². The van der Waals surface area contributed by atoms with Gasteiger partial charge in [-0.15, -0.1) is 10.2 Å². The van der Waals surface area contributed by atoms with E-state index in [2.05, 4.69) is 25.4 Å². The van der Waals surface area contributed by atoms with E-state index in [1.807, 2.05) is 13.8 Å². The zero-order valence-electron chi connectivity index (χ0n) is 14.4. The van der Waals surface area contributed by atoms with Gasteiger partial charge in [0.25, 0.3) is 5.56 Å². The molecule has 132 valence electrons. The van der Waals surface area contributed by atoms with Gasteiger partial charge in [-0.05, 0) is 13.1 Å². The van der Waals surface area contributed by atoms with Crippen molar-refractivity contribution in [1.29, 1.82) is 0 Å². The van der Waals surface area contributed by atoms with Gasteiger partial charge < -0.3 is 15.3 Å². The lowest BCUT2D eigenvalue weighted by atomic mass is 10.3. The molecule has 0 amide bonds. The van der Waals surface area contributed by atoms with Crippen LogP contribution in [-0.2, 0) is 14.1 Å². The van der Waals surface area contributed by atoms with Gasteiger partial charge in [0.2, 0.25) is 5.95 Å². The third kappa shape index (κ3) is 3.60. The SMILES string of the molecule is CCN(CC)CC(O)CNc1nnc2c(=O)n(C)c(=O)n(C)c2n1. The standard InChI is InChI=1S/C14H23N7O3/c1-5-21(6-2)8-9(22)7-15-13-16-11-10(17-18-13)12(23)20(4)14(24)19(11)3/h9,22H,5-8H2,1-4H3,(H,15,16,18). The summed E-state index contributed by atoms with van der Waals surface area (Å²) in [6.07, 6.45) is -0.600. The molecule has 0 aliphatic rings. The zero-order chi connectivity index (χ0) is 17.9. The topological polar surface area (TPSA) is 118 Å². The molecule has 0 aliphatic carbocycles. The minimum Gasteiger partial charge on any atom is -0.390 e. The normalized spacial score (nSPS) is 12.8. The Bertz CT molecular complexity index is 825. The molecule has 10 nitrogen and oxygen atoms in total. The predicted molar refractivity (Wildman–Crippen MR) is 90.1 cm³/mol. The molecule has 2 heterocycles. The second-order valence-electron chi connectivity index (χ2n) is 5.53. The van der Waals surface area contributed by atoms with Crippen LogP contribution in [0.15, 0.2) is 9.59 Å². The van der Waals surface area contributed by atoms with E-state index in [4.69, 9.17) is 0 Å². The first kappa shape index (κ1) is 18.0. The molecule has 24 heavy (non-hydrogen) atoms. The number of nitrogens with one attached hydrogen (secondary N) is 1. The number of aromatic nitrogens is 5. The molecule has 1 unspecified atom stereocenters. The van der Waals surface area contributed by atoms with Crippen molar-refractivity contribution in [1.82, 2.24) is 29.2 Å². The fraction of sp³-hybridized carbons (Fsp3) is 0.643. The van der Waals surface area contributed by atoms with Crippen LogP contribution in [0.2, 0.25) is 0 Å². The molecule has 0 radical (unpaired) electrons. The van der Waals surface area contributed by atoms with Crippen LogP contribution in [0.5, 0.6) is 0 Å². The average Bonchev–Trinajstić information content (AvgIpc) is 2.60. The molecular formula is C14H23N7O3. The number of likely N-dealkylation sites (N-methyl/N-ethyl adjacent to an activating group) is 1. The number of hydrogen-bond donors (Lipinski definition) is 2. The molecule has 2 N–H and O–H groups in total. The van der Waals surface area contributed by atoms with Crippen molar-refractivity contribution in [3.8, 4) is 0 Å². The first-order valence-corrected chi connectivity index (χ1v) is 7.83. The van der Waals surface area contributed by atoms with Crippen LogP contribution in [0.3, 0.4) is 0 Å². The van der Waals surface area contributed by atoms with Gasteiger partial charge in [0.1, 0.15) is 0 Å². The number of aliphatic hydroxyl groups excluding tert-OH is 1. The van der Waals surface area contributed by atoms with E-state index in [9.17, 15) is 14.7 Å². The van der Waals surface area contributed by atoms with E-state index in [1.54, 1.807) is 0 Å². The lowest BCUT2D eigenvalue weighted by Gasteiger charge is -2.21. The number of fused-ring (bicyclic) bond motifs is 1. The maximum Gasteiger partial charge on any atom is 0.332 e. The van der Waals surface area contributed by atoms with E-state index in [-0.39, 0.29) is 23.7 Å². The van der Waals surface area contributed by atoms with E-state index >= 15 is 0 Å². The van der Waals surface area contributed by atoms with Gasteiger partial charge in [0.05, 0.1) is 6.10 Å². The summed E-state index contributed by atoms with van der Waals surface area (Å²) >= 11 is 0. The third-order valence-corrected chi connectivity index (χ3v) is 3.93. The molecule has 0 saturated carbocycles. The van der Waals surface area contributed by atoms with Gasteiger partial charge in [0.15, 0.2) is 11.2 Å². The highest BCUT2D eigenvalue weighted by Crippen LogP contribution is 2.03. The third-order valence-electron chi connectivity index (χ3n) is 3.93. The largest absolute Gasteiger partial charge is 0.390 e. The molecule has 2 rings (SSSR count). The maximum absolute atomic E-state index is 12.0. The molecule has 10 heteroatoms. The smallest absolute Gasteiger partial charge is 0.332 e. The first-order valence-electron chi connectivity index (χ1n) is 7.83. The second kappa shape index (κ2) is 7.49. The summed E-state index contributed by atoms with van der Waals surface area (Å²) in [5.74, 6) is 0.157. The fourth-order valence-corrected chi connectivity index (χ4v) is 2.38. The Labute approximate surface area is 138 Å². The molecule has 0 saturated heterocycles. The Morgan fingerprint density at radius 2 is 1.83 bits per heavy atom. The molecule has 0 spiro atoms. The van der Waals surface area contributed by atoms with E-state index in [0.29, 0.717) is 6.54 Å². The quantitative estimate of drug-likeness (QED) is 0.629. The van der Waals surface area contributed by atoms with Crippen molar-refractivity contribution >= 4 is 17.1 Å². The zero-order valence-corrected chi connectivity index (χ0v) is 14.4. The Kier molecular flexibility index (Phi) is 5.62. The molecule has 1 atom stereocenters. The summed E-state index contributed by atoms with van der Waals surface area (Å²) in [6.45, 7) is 6.53. The van der Waals surface area contributed by atoms with Crippen LogP contribution in [0.25, 0.3) is 11.2 Å². The van der Waals surface area contributed by atoms with Crippen molar-refractivity contribution in [2.24, 2.45) is 14.1 Å². The van der Waals surface area contributed by atoms with Crippen LogP contribution in [-0.4, -0.2) is 66.6 Å². The summed E-state index contributed by atoms with van der Waals surface area (Å²) in [6, 6.07) is 0. The van der Waals surface area contributed by atoms with Crippen molar-refractivity contribution in [3.63, 3.8) is 0 Å². The van der Waals surface area contributed by atoms with Gasteiger partial charge in [-0.2, -0.15) is 4.98 Å². The monoisotopic (exact) mass is 337 g/mol. The van der Waals surface area contributed by atoms with Crippen LogP contribution in [0.1, 0.15) is 13.8 Å². The second-order valence-corrected chi connectivity index (χ2v) is 5.53. The molecule has 0 fully saturated rings. The Hall–Kier alpha value is -2.33. The Morgan fingerprint density at radius 1 is 1.17 bits per heavy atom.